The first kappa shape index (κ1) is 65.7. The molecule has 0 aliphatic heterocycles. The molecule has 0 N–H and O–H groups in total. The smallest absolute Gasteiger partial charge is 0.489 e. The van der Waals surface area contributed by atoms with Gasteiger partial charge in [-0.2, -0.15) is 0 Å². The van der Waals surface area contributed by atoms with Crippen LogP contribution in [0.3, 0.4) is 0 Å². The van der Waals surface area contributed by atoms with Crippen LogP contribution >= 0.6 is 0 Å². The van der Waals surface area contributed by atoms with Gasteiger partial charge in [-0.15, -0.1) is 0 Å². The van der Waals surface area contributed by atoms with Crippen LogP contribution in [-0.4, -0.2) is 7.32 Å². The average Bonchev–Trinajstić information content (AvgIpc) is 0.742. The van der Waals surface area contributed by atoms with Gasteiger partial charge in [-0.3, -0.25) is 0 Å². The molecule has 112 heavy (non-hydrogen) atoms. The van der Waals surface area contributed by atoms with E-state index < -0.39 is 7.32 Å². The topological polar surface area (TPSA) is 27.7 Å². The number of hydrogen-bond donors (Lipinski definition) is 0. The quantitative estimate of drug-likeness (QED) is 0.0958. The van der Waals surface area contributed by atoms with Crippen molar-refractivity contribution in [2.75, 3.05) is 0 Å². The van der Waals surface area contributed by atoms with E-state index in [0.717, 1.165) is 197 Å². The highest BCUT2D eigenvalue weighted by Gasteiger charge is 2.38. The minimum absolute atomic E-state index is 0.551. The highest BCUT2D eigenvalue weighted by molar-refractivity contribution is 6.40. The number of fused-ring (bicyclic) bond motifs is 9. The van der Waals surface area contributed by atoms with Crippen molar-refractivity contribution in [3.05, 3.63) is 419 Å². The molecule has 0 heterocycles. The molecule has 0 fully saturated rings. The second-order valence-electron chi connectivity index (χ2n) is 29.0. The van der Waals surface area contributed by atoms with Gasteiger partial charge >= 0.3 is 7.32 Å². The van der Waals surface area contributed by atoms with Crippen molar-refractivity contribution in [1.82, 2.24) is 0 Å². The predicted molar refractivity (Wildman–Crippen MR) is 473 cm³/mol. The van der Waals surface area contributed by atoms with Crippen molar-refractivity contribution in [2.24, 2.45) is 0 Å². The Balaban J connectivity index is 0.903. The molecule has 0 bridgehead atoms. The molecule has 0 spiro atoms. The Morgan fingerprint density at radius 3 is 0.464 bits per heavy atom. The first-order valence-electron chi connectivity index (χ1n) is 38.4. The van der Waals surface area contributed by atoms with Crippen molar-refractivity contribution in [3.8, 4) is 117 Å². The molecule has 0 amide bonds. The first-order valence-corrected chi connectivity index (χ1v) is 38.4. The van der Waals surface area contributed by atoms with E-state index in [4.69, 9.17) is 14.0 Å². The number of hydrogen-bond acceptors (Lipinski definition) is 3. The lowest BCUT2D eigenvalue weighted by Gasteiger charge is -2.27. The Kier molecular flexibility index (Phi) is 16.4. The van der Waals surface area contributed by atoms with Gasteiger partial charge < -0.3 is 14.0 Å². The van der Waals surface area contributed by atoms with E-state index in [1.807, 2.05) is 0 Å². The van der Waals surface area contributed by atoms with Gasteiger partial charge in [-0.05, 0) is 182 Å². The molecule has 522 valence electrons. The molecule has 0 atom stereocenters. The zero-order chi connectivity index (χ0) is 74.0. The molecule has 21 aromatic carbocycles. The van der Waals surface area contributed by atoms with E-state index in [1.165, 1.54) is 0 Å². The van der Waals surface area contributed by atoms with Crippen LogP contribution in [0.2, 0.25) is 0 Å². The Labute approximate surface area is 649 Å². The monoisotopic (exact) mass is 1420 g/mol. The number of benzene rings is 21. The molecule has 3 nitrogen and oxygen atoms in total. The summed E-state index contributed by atoms with van der Waals surface area (Å²) in [6.07, 6.45) is 0. The fourth-order valence-electron chi connectivity index (χ4n) is 17.8. The SMILES string of the molecule is c1ccc2c(-c3ccc(OB(Oc4ccc(-c5cccc6ccccc56)c(-c5cccc6ccccc56)c4-c4cccc5ccccc45)Oc4ccc(-c5cccc6ccccc56)c(-c5cccc6ccccc56)c4-c4cccc5ccccc45)c(-c4cccc5ccccc45)c3-c3cccc4ccccc34)cccc2c1. The molecule has 4 heteroatoms. The molecule has 0 aliphatic rings. The highest BCUT2D eigenvalue weighted by Crippen LogP contribution is 2.55. The fraction of sp³-hybridized carbons (Fsp3) is 0. The summed E-state index contributed by atoms with van der Waals surface area (Å²) >= 11 is 0. The lowest BCUT2D eigenvalue weighted by molar-refractivity contribution is 0.309. The van der Waals surface area contributed by atoms with Crippen molar-refractivity contribution in [3.63, 3.8) is 0 Å². The zero-order valence-corrected chi connectivity index (χ0v) is 61.1. The van der Waals surface area contributed by atoms with Crippen LogP contribution in [0.4, 0.5) is 0 Å². The standard InChI is InChI=1S/C108H69BO3/c1-10-46-79-70(28-1)37-19-55-88(79)97-64-67-100(106(94-61-25-43-76-34-7-16-52-85(76)94)103(97)91-58-22-40-73-31-4-13-49-82(73)91)110-109(111-101-68-65-98(89-56-20-38-71-29-2-11-47-80(71)89)104(92-59-23-41-74-32-5-14-50-83(74)92)107(101)95-62-26-44-77-35-8-17-53-86(77)95)112-102-69-66-99(90-57-21-39-72-30-3-12-48-81(72)90)105(93-60-24-42-75-33-6-15-51-84(75)93)108(102)96-63-27-45-78-36-9-18-54-87(78)96/h1-69H. The van der Waals surface area contributed by atoms with Crippen molar-refractivity contribution in [1.29, 1.82) is 0 Å². The van der Waals surface area contributed by atoms with Gasteiger partial charge in [0.2, 0.25) is 0 Å². The molecule has 0 saturated heterocycles. The molecule has 0 aromatic heterocycles. The molecule has 0 saturated carbocycles. The molecule has 21 aromatic rings. The maximum absolute atomic E-state index is 8.30. The van der Waals surface area contributed by atoms with Gasteiger partial charge in [0.15, 0.2) is 0 Å². The van der Waals surface area contributed by atoms with Crippen molar-refractivity contribution >= 4 is 104 Å². The highest BCUT2D eigenvalue weighted by atomic mass is 16.7. The fourth-order valence-corrected chi connectivity index (χ4v) is 17.8. The van der Waals surface area contributed by atoms with Gasteiger partial charge in [0, 0.05) is 33.4 Å². The molecule has 0 aliphatic carbocycles. The maximum Gasteiger partial charge on any atom is 0.864 e. The van der Waals surface area contributed by atoms with Gasteiger partial charge in [0.05, 0.1) is 0 Å². The van der Waals surface area contributed by atoms with Crippen molar-refractivity contribution in [2.45, 2.75) is 0 Å². The van der Waals surface area contributed by atoms with E-state index in [0.29, 0.717) is 17.2 Å². The normalized spacial score (nSPS) is 11.6. The van der Waals surface area contributed by atoms with Crippen molar-refractivity contribution < 1.29 is 14.0 Å². The second-order valence-corrected chi connectivity index (χ2v) is 29.0. The van der Waals surface area contributed by atoms with Crippen LogP contribution in [0.25, 0.3) is 197 Å². The second kappa shape index (κ2) is 27.9. The number of rotatable bonds is 15. The third kappa shape index (κ3) is 11.4. The van der Waals surface area contributed by atoms with Crippen LogP contribution in [0.15, 0.2) is 419 Å². The Morgan fingerprint density at radius 2 is 0.268 bits per heavy atom. The van der Waals surface area contributed by atoms with Gasteiger partial charge in [0.25, 0.3) is 0 Å². The van der Waals surface area contributed by atoms with Gasteiger partial charge in [0.1, 0.15) is 17.2 Å². The first-order chi connectivity index (χ1) is 55.6. The minimum atomic E-state index is -1.55. The summed E-state index contributed by atoms with van der Waals surface area (Å²) in [5.41, 5.74) is 18.2. The summed E-state index contributed by atoms with van der Waals surface area (Å²) < 4.78 is 24.9. The van der Waals surface area contributed by atoms with E-state index in [9.17, 15) is 0 Å². The molecular weight excluding hydrogens is 1360 g/mol. The van der Waals surface area contributed by atoms with Gasteiger partial charge in [-0.1, -0.05) is 400 Å². The van der Waals surface area contributed by atoms with E-state index >= 15 is 0 Å². The summed E-state index contributed by atoms with van der Waals surface area (Å²) in [5.74, 6) is 1.65. The Hall–Kier alpha value is -14.6. The lowest BCUT2D eigenvalue weighted by Crippen LogP contribution is -2.37. The zero-order valence-electron chi connectivity index (χ0n) is 61.1. The lowest BCUT2D eigenvalue weighted by atomic mass is 9.82. The molecule has 0 unspecified atom stereocenters. The summed E-state index contributed by atoms with van der Waals surface area (Å²) in [6.45, 7) is 0. The summed E-state index contributed by atoms with van der Waals surface area (Å²) in [7, 11) is -1.55. The Bertz CT molecular complexity index is 6600. The van der Waals surface area contributed by atoms with Crippen LogP contribution in [0.5, 0.6) is 17.2 Å². The summed E-state index contributed by atoms with van der Waals surface area (Å²) in [5, 5.41) is 20.0. The van der Waals surface area contributed by atoms with E-state index in [-0.39, 0.29) is 0 Å². The summed E-state index contributed by atoms with van der Waals surface area (Å²) in [4.78, 5) is 0. The third-order valence-electron chi connectivity index (χ3n) is 22.8. The summed E-state index contributed by atoms with van der Waals surface area (Å²) in [6, 6.07) is 152. The Morgan fingerprint density at radius 1 is 0.116 bits per heavy atom. The largest absolute Gasteiger partial charge is 0.864 e. The van der Waals surface area contributed by atoms with E-state index in [1.54, 1.807) is 0 Å². The minimum Gasteiger partial charge on any atom is -0.489 e. The average molecular weight is 1430 g/mol. The van der Waals surface area contributed by atoms with Crippen LogP contribution < -0.4 is 14.0 Å². The molecule has 21 rings (SSSR count). The van der Waals surface area contributed by atoms with Gasteiger partial charge in [-0.25, -0.2) is 0 Å². The van der Waals surface area contributed by atoms with Crippen LogP contribution in [0.1, 0.15) is 0 Å². The predicted octanol–water partition coefficient (Wildman–Crippen LogP) is 29.6. The third-order valence-corrected chi connectivity index (χ3v) is 22.8. The van der Waals surface area contributed by atoms with E-state index in [2.05, 4.69) is 419 Å². The van der Waals surface area contributed by atoms with Crippen LogP contribution in [-0.2, 0) is 0 Å². The molecule has 0 radical (unpaired) electrons. The maximum atomic E-state index is 8.30. The van der Waals surface area contributed by atoms with Crippen LogP contribution in [0, 0.1) is 0 Å². The molecular formula is C108H69BO3.